The molecule has 2 amide bonds. The van der Waals surface area contributed by atoms with Crippen LogP contribution in [-0.2, 0) is 9.59 Å². The number of nitrogens with one attached hydrogen (secondary N) is 3. The van der Waals surface area contributed by atoms with Gasteiger partial charge in [0.15, 0.2) is 0 Å². The molecule has 1 aliphatic carbocycles. The minimum Gasteiger partial charge on any atom is -0.351 e. The molecule has 114 valence electrons. The van der Waals surface area contributed by atoms with E-state index in [1.165, 1.54) is 6.92 Å². The number of amides is 2. The molecule has 2 aliphatic rings. The third-order valence-electron chi connectivity index (χ3n) is 4.63. The number of hydrogen-bond acceptors (Lipinski definition) is 3. The molecule has 1 saturated carbocycles. The summed E-state index contributed by atoms with van der Waals surface area (Å²) >= 11 is 0. The minimum absolute atomic E-state index is 0.00542. The number of carbonyl (C=O) groups is 2. The van der Waals surface area contributed by atoms with Crippen molar-refractivity contribution < 1.29 is 9.59 Å². The third kappa shape index (κ3) is 3.95. The fraction of sp³-hybridized carbons (Fsp3) is 0.867. The predicted octanol–water partition coefficient (Wildman–Crippen LogP) is 0.795. The van der Waals surface area contributed by atoms with Crippen LogP contribution in [0.2, 0.25) is 0 Å². The van der Waals surface area contributed by atoms with Crippen LogP contribution in [0.3, 0.4) is 0 Å². The Morgan fingerprint density at radius 1 is 1.20 bits per heavy atom. The highest BCUT2D eigenvalue weighted by Crippen LogP contribution is 2.28. The van der Waals surface area contributed by atoms with E-state index >= 15 is 0 Å². The van der Waals surface area contributed by atoms with Crippen molar-refractivity contribution in [1.82, 2.24) is 16.0 Å². The van der Waals surface area contributed by atoms with Crippen molar-refractivity contribution >= 4 is 11.8 Å². The predicted molar refractivity (Wildman–Crippen MR) is 78.1 cm³/mol. The molecular weight excluding hydrogens is 254 g/mol. The van der Waals surface area contributed by atoms with Crippen LogP contribution in [0.4, 0.5) is 0 Å². The molecular formula is C15H27N3O2. The maximum absolute atomic E-state index is 12.5. The van der Waals surface area contributed by atoms with E-state index < -0.39 is 0 Å². The average molecular weight is 281 g/mol. The fourth-order valence-corrected chi connectivity index (χ4v) is 3.41. The Bertz CT molecular complexity index is 353. The highest BCUT2D eigenvalue weighted by atomic mass is 16.2. The Hall–Kier alpha value is -1.10. The van der Waals surface area contributed by atoms with E-state index in [0.717, 1.165) is 45.2 Å². The van der Waals surface area contributed by atoms with Gasteiger partial charge < -0.3 is 16.0 Å². The normalized spacial score (nSPS) is 28.9. The van der Waals surface area contributed by atoms with Crippen molar-refractivity contribution in [3.8, 4) is 0 Å². The lowest BCUT2D eigenvalue weighted by Gasteiger charge is -2.32. The second-order valence-electron chi connectivity index (χ2n) is 6.31. The Morgan fingerprint density at radius 2 is 1.90 bits per heavy atom. The number of hydrogen-bond donors (Lipinski definition) is 3. The van der Waals surface area contributed by atoms with E-state index in [4.69, 9.17) is 0 Å². The molecule has 0 aromatic rings. The lowest BCUT2D eigenvalue weighted by Crippen LogP contribution is -2.56. The van der Waals surface area contributed by atoms with Gasteiger partial charge in [0.2, 0.25) is 11.8 Å². The highest BCUT2D eigenvalue weighted by Gasteiger charge is 2.33. The fourth-order valence-electron chi connectivity index (χ4n) is 3.41. The standard InChI is InChI=1S/C15H27N3O2/c1-10-9-16-8-7-13(10)18-15(20)14(17-11(2)19)12-5-3-4-6-12/h10,12-14,16H,3-9H2,1-2H3,(H,17,19)(H,18,20). The van der Waals surface area contributed by atoms with Crippen LogP contribution in [0.5, 0.6) is 0 Å². The zero-order chi connectivity index (χ0) is 14.5. The SMILES string of the molecule is CC(=O)NC(C(=O)NC1CCNCC1C)C1CCCC1. The van der Waals surface area contributed by atoms with Gasteiger partial charge in [-0.15, -0.1) is 0 Å². The Kier molecular flexibility index (Phi) is 5.40. The molecule has 2 rings (SSSR count). The Balaban J connectivity index is 1.96. The lowest BCUT2D eigenvalue weighted by molar-refractivity contribution is -0.130. The molecule has 0 aromatic carbocycles. The molecule has 20 heavy (non-hydrogen) atoms. The van der Waals surface area contributed by atoms with Crippen molar-refractivity contribution in [2.45, 2.75) is 58.0 Å². The summed E-state index contributed by atoms with van der Waals surface area (Å²) in [5.74, 6) is 0.631. The molecule has 0 spiro atoms. The zero-order valence-electron chi connectivity index (χ0n) is 12.6. The maximum Gasteiger partial charge on any atom is 0.243 e. The van der Waals surface area contributed by atoms with Gasteiger partial charge in [0.25, 0.3) is 0 Å². The van der Waals surface area contributed by atoms with Crippen LogP contribution >= 0.6 is 0 Å². The van der Waals surface area contributed by atoms with Gasteiger partial charge in [-0.2, -0.15) is 0 Å². The summed E-state index contributed by atoms with van der Waals surface area (Å²) in [5.41, 5.74) is 0. The smallest absolute Gasteiger partial charge is 0.243 e. The average Bonchev–Trinajstić information content (AvgIpc) is 2.92. The van der Waals surface area contributed by atoms with Crippen molar-refractivity contribution in [3.05, 3.63) is 0 Å². The van der Waals surface area contributed by atoms with E-state index in [2.05, 4.69) is 22.9 Å². The number of piperidine rings is 1. The van der Waals surface area contributed by atoms with Crippen LogP contribution in [0.25, 0.3) is 0 Å². The van der Waals surface area contributed by atoms with Crippen molar-refractivity contribution in [2.24, 2.45) is 11.8 Å². The van der Waals surface area contributed by atoms with Gasteiger partial charge in [-0.1, -0.05) is 19.8 Å². The van der Waals surface area contributed by atoms with E-state index in [9.17, 15) is 9.59 Å². The zero-order valence-corrected chi connectivity index (χ0v) is 12.6. The Labute approximate surface area is 121 Å². The second kappa shape index (κ2) is 7.07. The van der Waals surface area contributed by atoms with Crippen LogP contribution in [0.15, 0.2) is 0 Å². The van der Waals surface area contributed by atoms with Crippen molar-refractivity contribution in [3.63, 3.8) is 0 Å². The summed E-state index contributed by atoms with van der Waals surface area (Å²) in [5, 5.41) is 9.35. The summed E-state index contributed by atoms with van der Waals surface area (Å²) in [4.78, 5) is 23.9. The first-order valence-corrected chi connectivity index (χ1v) is 7.86. The van der Waals surface area contributed by atoms with E-state index in [1.54, 1.807) is 0 Å². The van der Waals surface area contributed by atoms with E-state index in [0.29, 0.717) is 11.8 Å². The van der Waals surface area contributed by atoms with Gasteiger partial charge in [-0.05, 0) is 44.2 Å². The number of rotatable bonds is 4. The van der Waals surface area contributed by atoms with Crippen LogP contribution < -0.4 is 16.0 Å². The van der Waals surface area contributed by atoms with Gasteiger partial charge in [-0.25, -0.2) is 0 Å². The highest BCUT2D eigenvalue weighted by molar-refractivity contribution is 5.87. The van der Waals surface area contributed by atoms with E-state index in [1.807, 2.05) is 0 Å². The molecule has 1 saturated heterocycles. The molecule has 1 heterocycles. The molecule has 0 bridgehead atoms. The summed E-state index contributed by atoms with van der Waals surface area (Å²) in [6.07, 6.45) is 5.38. The summed E-state index contributed by atoms with van der Waals surface area (Å²) in [7, 11) is 0. The topological polar surface area (TPSA) is 70.2 Å². The first-order valence-electron chi connectivity index (χ1n) is 7.86. The summed E-state index contributed by atoms with van der Waals surface area (Å²) in [6, 6.07) is -0.126. The van der Waals surface area contributed by atoms with Crippen LogP contribution in [0, 0.1) is 11.8 Å². The quantitative estimate of drug-likeness (QED) is 0.714. The molecule has 5 nitrogen and oxygen atoms in total. The Morgan fingerprint density at radius 3 is 2.50 bits per heavy atom. The van der Waals surface area contributed by atoms with E-state index in [-0.39, 0.29) is 23.9 Å². The van der Waals surface area contributed by atoms with Gasteiger partial charge in [-0.3, -0.25) is 9.59 Å². The minimum atomic E-state index is -0.350. The van der Waals surface area contributed by atoms with Crippen molar-refractivity contribution in [1.29, 1.82) is 0 Å². The molecule has 2 fully saturated rings. The molecule has 0 aromatic heterocycles. The maximum atomic E-state index is 12.5. The summed E-state index contributed by atoms with van der Waals surface area (Å²) in [6.45, 7) is 5.53. The molecule has 3 unspecified atom stereocenters. The molecule has 3 N–H and O–H groups in total. The third-order valence-corrected chi connectivity index (χ3v) is 4.63. The van der Waals surface area contributed by atoms with Gasteiger partial charge in [0.05, 0.1) is 0 Å². The first-order chi connectivity index (χ1) is 9.58. The van der Waals surface area contributed by atoms with Gasteiger partial charge in [0, 0.05) is 13.0 Å². The second-order valence-corrected chi connectivity index (χ2v) is 6.31. The van der Waals surface area contributed by atoms with Crippen LogP contribution in [-0.4, -0.2) is 37.0 Å². The molecule has 0 radical (unpaired) electrons. The largest absolute Gasteiger partial charge is 0.351 e. The molecule has 3 atom stereocenters. The molecule has 5 heteroatoms. The van der Waals surface area contributed by atoms with Crippen molar-refractivity contribution in [2.75, 3.05) is 13.1 Å². The van der Waals surface area contributed by atoms with Crippen LogP contribution in [0.1, 0.15) is 46.0 Å². The number of carbonyl (C=O) groups excluding carboxylic acids is 2. The monoisotopic (exact) mass is 281 g/mol. The molecule has 1 aliphatic heterocycles. The first kappa shape index (κ1) is 15.3. The lowest BCUT2D eigenvalue weighted by atomic mass is 9.93. The van der Waals surface area contributed by atoms with Gasteiger partial charge >= 0.3 is 0 Å². The van der Waals surface area contributed by atoms with Gasteiger partial charge in [0.1, 0.15) is 6.04 Å². The summed E-state index contributed by atoms with van der Waals surface area (Å²) < 4.78 is 0.